The first kappa shape index (κ1) is 9.04. The molecule has 1 aromatic heterocycles. The van der Waals surface area contributed by atoms with E-state index in [1.165, 1.54) is 18.5 Å². The van der Waals surface area contributed by atoms with Crippen molar-refractivity contribution >= 4 is 5.69 Å². The number of hydrogen-bond acceptors (Lipinski definition) is 2. The summed E-state index contributed by atoms with van der Waals surface area (Å²) < 4.78 is 0. The number of hydrogen-bond donors (Lipinski definition) is 1. The molecule has 0 fully saturated rings. The highest BCUT2D eigenvalue weighted by atomic mass is 14.9. The Morgan fingerprint density at radius 2 is 1.83 bits per heavy atom. The molecule has 12 heavy (non-hydrogen) atoms. The van der Waals surface area contributed by atoms with Gasteiger partial charge in [0, 0.05) is 24.1 Å². The van der Waals surface area contributed by atoms with E-state index < -0.39 is 0 Å². The van der Waals surface area contributed by atoms with Crippen molar-refractivity contribution in [3.63, 3.8) is 0 Å². The molecule has 0 aliphatic heterocycles. The molecule has 0 spiro atoms. The first-order valence-electron chi connectivity index (χ1n) is 4.53. The molecule has 66 valence electrons. The van der Waals surface area contributed by atoms with Gasteiger partial charge in [-0.1, -0.05) is 13.8 Å². The number of rotatable bonds is 4. The van der Waals surface area contributed by atoms with Gasteiger partial charge in [-0.15, -0.1) is 0 Å². The van der Waals surface area contributed by atoms with Crippen molar-refractivity contribution in [1.82, 2.24) is 4.98 Å². The highest BCUT2D eigenvalue weighted by Gasteiger charge is 2.00. The Morgan fingerprint density at radius 1 is 1.25 bits per heavy atom. The molecule has 1 N–H and O–H groups in total. The molecule has 0 saturated heterocycles. The zero-order valence-corrected chi connectivity index (χ0v) is 7.75. The summed E-state index contributed by atoms with van der Waals surface area (Å²) in [5, 5.41) is 3.44. The molecule has 0 atom stereocenters. The first-order chi connectivity index (χ1) is 5.86. The van der Waals surface area contributed by atoms with Crippen LogP contribution in [-0.4, -0.2) is 11.0 Å². The molecule has 1 aromatic rings. The fourth-order valence-electron chi connectivity index (χ4n) is 1.18. The zero-order valence-electron chi connectivity index (χ0n) is 7.75. The van der Waals surface area contributed by atoms with Gasteiger partial charge >= 0.3 is 0 Å². The van der Waals surface area contributed by atoms with Crippen molar-refractivity contribution in [2.45, 2.75) is 32.7 Å². The van der Waals surface area contributed by atoms with E-state index in [2.05, 4.69) is 24.1 Å². The van der Waals surface area contributed by atoms with Gasteiger partial charge in [-0.3, -0.25) is 4.98 Å². The monoisotopic (exact) mass is 164 g/mol. The van der Waals surface area contributed by atoms with E-state index in [0.29, 0.717) is 6.04 Å². The van der Waals surface area contributed by atoms with E-state index in [4.69, 9.17) is 0 Å². The molecule has 0 unspecified atom stereocenters. The number of aromatic nitrogens is 1. The van der Waals surface area contributed by atoms with E-state index in [0.717, 1.165) is 0 Å². The van der Waals surface area contributed by atoms with Gasteiger partial charge in [0.2, 0.25) is 0 Å². The maximum Gasteiger partial charge on any atom is 0.0373 e. The summed E-state index contributed by atoms with van der Waals surface area (Å²) in [6.07, 6.45) is 5.95. The minimum atomic E-state index is 0.590. The largest absolute Gasteiger partial charge is 0.382 e. The molecule has 0 aliphatic rings. The standard InChI is InChI=1S/C10H16N2/c1-3-9(4-2)12-10-5-7-11-8-6-10/h5-9H,3-4H2,1-2H3,(H,11,12). The van der Waals surface area contributed by atoms with E-state index in [1.807, 2.05) is 24.5 Å². The molecule has 1 rings (SSSR count). The van der Waals surface area contributed by atoms with Crippen LogP contribution in [0.3, 0.4) is 0 Å². The van der Waals surface area contributed by atoms with Gasteiger partial charge in [-0.2, -0.15) is 0 Å². The lowest BCUT2D eigenvalue weighted by molar-refractivity contribution is 0.671. The third-order valence-electron chi connectivity index (χ3n) is 2.04. The Morgan fingerprint density at radius 3 is 2.33 bits per heavy atom. The molecule has 0 saturated carbocycles. The second-order valence-electron chi connectivity index (χ2n) is 2.89. The molecule has 2 nitrogen and oxygen atoms in total. The lowest BCUT2D eigenvalue weighted by Gasteiger charge is -2.15. The minimum absolute atomic E-state index is 0.590. The van der Waals surface area contributed by atoms with E-state index in [1.54, 1.807) is 0 Å². The van der Waals surface area contributed by atoms with Crippen LogP contribution in [0.15, 0.2) is 24.5 Å². The Kier molecular flexibility index (Phi) is 3.58. The van der Waals surface area contributed by atoms with Crippen LogP contribution < -0.4 is 5.32 Å². The Labute approximate surface area is 74.0 Å². The Hall–Kier alpha value is -1.05. The third kappa shape index (κ3) is 2.53. The van der Waals surface area contributed by atoms with Crippen molar-refractivity contribution < 1.29 is 0 Å². The first-order valence-corrected chi connectivity index (χ1v) is 4.53. The van der Waals surface area contributed by atoms with Crippen LogP contribution in [0.1, 0.15) is 26.7 Å². The van der Waals surface area contributed by atoms with Crippen LogP contribution in [0, 0.1) is 0 Å². The van der Waals surface area contributed by atoms with Crippen LogP contribution in [0.5, 0.6) is 0 Å². The lowest BCUT2D eigenvalue weighted by atomic mass is 10.1. The smallest absolute Gasteiger partial charge is 0.0373 e. The Balaban J connectivity index is 2.51. The summed E-state index contributed by atoms with van der Waals surface area (Å²) in [4.78, 5) is 3.96. The van der Waals surface area contributed by atoms with Gasteiger partial charge in [0.25, 0.3) is 0 Å². The van der Waals surface area contributed by atoms with Gasteiger partial charge in [-0.05, 0) is 25.0 Å². The topological polar surface area (TPSA) is 24.9 Å². The Bertz CT molecular complexity index is 204. The number of nitrogens with one attached hydrogen (secondary N) is 1. The maximum absolute atomic E-state index is 3.96. The summed E-state index contributed by atoms with van der Waals surface area (Å²) in [6, 6.07) is 4.59. The second-order valence-corrected chi connectivity index (χ2v) is 2.89. The normalized spacial score (nSPS) is 10.2. The maximum atomic E-state index is 3.96. The van der Waals surface area contributed by atoms with Gasteiger partial charge in [0.1, 0.15) is 0 Å². The third-order valence-corrected chi connectivity index (χ3v) is 2.04. The molecule has 0 bridgehead atoms. The number of nitrogens with zero attached hydrogens (tertiary/aromatic N) is 1. The highest BCUT2D eigenvalue weighted by Crippen LogP contribution is 2.09. The molecule has 0 aromatic carbocycles. The lowest BCUT2D eigenvalue weighted by Crippen LogP contribution is -2.16. The molecule has 1 heterocycles. The van der Waals surface area contributed by atoms with Crippen LogP contribution in [0.4, 0.5) is 5.69 Å². The van der Waals surface area contributed by atoms with Gasteiger partial charge in [0.15, 0.2) is 0 Å². The summed E-state index contributed by atoms with van der Waals surface area (Å²) in [5.74, 6) is 0. The SMILES string of the molecule is CCC(CC)Nc1ccncc1. The number of pyridine rings is 1. The fraction of sp³-hybridized carbons (Fsp3) is 0.500. The van der Waals surface area contributed by atoms with Crippen molar-refractivity contribution in [3.05, 3.63) is 24.5 Å². The van der Waals surface area contributed by atoms with Crippen LogP contribution in [0.2, 0.25) is 0 Å². The van der Waals surface area contributed by atoms with E-state index in [-0.39, 0.29) is 0 Å². The molecule has 2 heteroatoms. The molecule has 0 radical (unpaired) electrons. The highest BCUT2D eigenvalue weighted by molar-refractivity contribution is 5.41. The second kappa shape index (κ2) is 4.75. The minimum Gasteiger partial charge on any atom is -0.382 e. The predicted octanol–water partition coefficient (Wildman–Crippen LogP) is 2.68. The van der Waals surface area contributed by atoms with Gasteiger partial charge in [0.05, 0.1) is 0 Å². The van der Waals surface area contributed by atoms with Crippen LogP contribution in [0.25, 0.3) is 0 Å². The summed E-state index contributed by atoms with van der Waals surface area (Å²) in [5.41, 5.74) is 1.17. The van der Waals surface area contributed by atoms with Crippen molar-refractivity contribution in [1.29, 1.82) is 0 Å². The van der Waals surface area contributed by atoms with Crippen molar-refractivity contribution in [3.8, 4) is 0 Å². The summed E-state index contributed by atoms with van der Waals surface area (Å²) >= 11 is 0. The quantitative estimate of drug-likeness (QED) is 0.740. The molecular formula is C10H16N2. The number of anilines is 1. The van der Waals surface area contributed by atoms with Crippen LogP contribution >= 0.6 is 0 Å². The van der Waals surface area contributed by atoms with E-state index in [9.17, 15) is 0 Å². The molecular weight excluding hydrogens is 148 g/mol. The fourth-order valence-corrected chi connectivity index (χ4v) is 1.18. The van der Waals surface area contributed by atoms with Crippen molar-refractivity contribution in [2.24, 2.45) is 0 Å². The summed E-state index contributed by atoms with van der Waals surface area (Å²) in [7, 11) is 0. The summed E-state index contributed by atoms with van der Waals surface area (Å²) in [6.45, 7) is 4.39. The van der Waals surface area contributed by atoms with E-state index >= 15 is 0 Å². The van der Waals surface area contributed by atoms with Gasteiger partial charge < -0.3 is 5.32 Å². The average molecular weight is 164 g/mol. The predicted molar refractivity (Wildman–Crippen MR) is 52.2 cm³/mol. The molecule has 0 amide bonds. The zero-order chi connectivity index (χ0) is 8.81. The van der Waals surface area contributed by atoms with Crippen molar-refractivity contribution in [2.75, 3.05) is 5.32 Å². The average Bonchev–Trinajstić information content (AvgIpc) is 2.16. The molecule has 0 aliphatic carbocycles. The van der Waals surface area contributed by atoms with Gasteiger partial charge in [-0.25, -0.2) is 0 Å². The van der Waals surface area contributed by atoms with Crippen LogP contribution in [-0.2, 0) is 0 Å².